The van der Waals surface area contributed by atoms with Crippen LogP contribution in [-0.2, 0) is 6.54 Å². The molecule has 0 saturated heterocycles. The van der Waals surface area contributed by atoms with Crippen molar-refractivity contribution in [2.45, 2.75) is 6.54 Å². The summed E-state index contributed by atoms with van der Waals surface area (Å²) >= 11 is 13.3. The Bertz CT molecular complexity index is 605. The molecule has 2 aromatic rings. The van der Waals surface area contributed by atoms with Crippen molar-refractivity contribution in [3.8, 4) is 0 Å². The first-order chi connectivity index (χ1) is 10.1. The predicted molar refractivity (Wildman–Crippen MR) is 87.3 cm³/mol. The number of urea groups is 1. The summed E-state index contributed by atoms with van der Waals surface area (Å²) in [5, 5.41) is 16.5. The summed E-state index contributed by atoms with van der Waals surface area (Å²) in [6, 6.07) is 6.75. The largest absolute Gasteiger partial charge is 0.395 e. The van der Waals surface area contributed by atoms with Crippen LogP contribution >= 0.6 is 34.5 Å². The number of halogens is 2. The number of nitrogens with zero attached hydrogens (tertiary/aromatic N) is 1. The van der Waals surface area contributed by atoms with Gasteiger partial charge in [-0.15, -0.1) is 0 Å². The van der Waals surface area contributed by atoms with Crippen LogP contribution < -0.4 is 5.32 Å². The lowest BCUT2D eigenvalue weighted by Crippen LogP contribution is -2.36. The molecule has 21 heavy (non-hydrogen) atoms. The van der Waals surface area contributed by atoms with Crippen molar-refractivity contribution in [1.82, 2.24) is 4.90 Å². The zero-order valence-corrected chi connectivity index (χ0v) is 13.4. The first-order valence-electron chi connectivity index (χ1n) is 6.23. The van der Waals surface area contributed by atoms with E-state index in [9.17, 15) is 4.79 Å². The Kier molecular flexibility index (Phi) is 5.87. The molecule has 0 unspecified atom stereocenters. The molecular weight excluding hydrogens is 331 g/mol. The van der Waals surface area contributed by atoms with E-state index in [1.807, 2.05) is 16.8 Å². The molecule has 0 bridgehead atoms. The fourth-order valence-corrected chi connectivity index (χ4v) is 2.68. The number of hydrogen-bond donors (Lipinski definition) is 2. The van der Waals surface area contributed by atoms with Gasteiger partial charge >= 0.3 is 6.03 Å². The van der Waals surface area contributed by atoms with Gasteiger partial charge in [-0.3, -0.25) is 0 Å². The van der Waals surface area contributed by atoms with E-state index in [-0.39, 0.29) is 19.2 Å². The van der Waals surface area contributed by atoms with Gasteiger partial charge in [0, 0.05) is 18.5 Å². The Hall–Kier alpha value is -1.27. The molecule has 0 aliphatic rings. The van der Waals surface area contributed by atoms with Crippen LogP contribution in [0, 0.1) is 0 Å². The highest BCUT2D eigenvalue weighted by Crippen LogP contribution is 2.23. The van der Waals surface area contributed by atoms with E-state index in [0.29, 0.717) is 16.6 Å². The van der Waals surface area contributed by atoms with Crippen LogP contribution in [0.25, 0.3) is 0 Å². The van der Waals surface area contributed by atoms with Gasteiger partial charge in [-0.25, -0.2) is 4.79 Å². The van der Waals surface area contributed by atoms with Crippen LogP contribution in [0.15, 0.2) is 35.0 Å². The molecule has 2 N–H and O–H groups in total. The van der Waals surface area contributed by atoms with Gasteiger partial charge in [-0.05, 0) is 29.1 Å². The summed E-state index contributed by atoms with van der Waals surface area (Å²) in [5.74, 6) is 0. The molecular formula is C14H14Cl2N2O2S. The second-order valence-electron chi connectivity index (χ2n) is 4.34. The van der Waals surface area contributed by atoms with Crippen molar-refractivity contribution in [1.29, 1.82) is 0 Å². The number of hydrogen-bond acceptors (Lipinski definition) is 3. The second kappa shape index (κ2) is 7.66. The number of carbonyl (C=O) groups excluding carboxylic acids is 1. The van der Waals surface area contributed by atoms with E-state index in [1.165, 1.54) is 16.2 Å². The molecule has 1 aromatic heterocycles. The number of anilines is 1. The van der Waals surface area contributed by atoms with Crippen LogP contribution in [-0.4, -0.2) is 29.2 Å². The maximum absolute atomic E-state index is 12.2. The summed E-state index contributed by atoms with van der Waals surface area (Å²) in [4.78, 5) is 13.7. The number of rotatable bonds is 5. The minimum absolute atomic E-state index is 0.113. The van der Waals surface area contributed by atoms with Gasteiger partial charge in [-0.2, -0.15) is 11.3 Å². The molecule has 0 spiro atoms. The number of benzene rings is 1. The second-order valence-corrected chi connectivity index (χ2v) is 5.93. The molecule has 0 saturated carbocycles. The first-order valence-corrected chi connectivity index (χ1v) is 7.93. The molecule has 7 heteroatoms. The van der Waals surface area contributed by atoms with Crippen molar-refractivity contribution in [3.63, 3.8) is 0 Å². The quantitative estimate of drug-likeness (QED) is 0.858. The zero-order valence-electron chi connectivity index (χ0n) is 11.1. The van der Waals surface area contributed by atoms with Crippen molar-refractivity contribution < 1.29 is 9.90 Å². The molecule has 1 heterocycles. The molecule has 0 fully saturated rings. The fourth-order valence-electron chi connectivity index (χ4n) is 1.77. The van der Waals surface area contributed by atoms with Gasteiger partial charge in [0.25, 0.3) is 0 Å². The Labute approximate surface area is 136 Å². The predicted octanol–water partition coefficient (Wildman–Crippen LogP) is 4.08. The number of carbonyl (C=O) groups is 1. The monoisotopic (exact) mass is 344 g/mol. The highest BCUT2D eigenvalue weighted by atomic mass is 35.5. The lowest BCUT2D eigenvalue weighted by Gasteiger charge is -2.22. The lowest BCUT2D eigenvalue weighted by atomic mass is 10.2. The third kappa shape index (κ3) is 4.61. The van der Waals surface area contributed by atoms with E-state index in [1.54, 1.807) is 18.2 Å². The highest BCUT2D eigenvalue weighted by molar-refractivity contribution is 7.08. The summed E-state index contributed by atoms with van der Waals surface area (Å²) in [5.41, 5.74) is 1.58. The van der Waals surface area contributed by atoms with E-state index >= 15 is 0 Å². The summed E-state index contributed by atoms with van der Waals surface area (Å²) in [6.45, 7) is 0.460. The lowest BCUT2D eigenvalue weighted by molar-refractivity contribution is 0.185. The normalized spacial score (nSPS) is 10.4. The molecule has 0 aliphatic carbocycles. The Morgan fingerprint density at radius 1 is 1.29 bits per heavy atom. The maximum atomic E-state index is 12.2. The molecule has 0 radical (unpaired) electrons. The molecule has 4 nitrogen and oxygen atoms in total. The summed E-state index contributed by atoms with van der Waals surface area (Å²) in [6.07, 6.45) is 0. The van der Waals surface area contributed by atoms with Crippen LogP contribution in [0.5, 0.6) is 0 Å². The number of aliphatic hydroxyl groups excluding tert-OH is 1. The maximum Gasteiger partial charge on any atom is 0.322 e. The topological polar surface area (TPSA) is 52.6 Å². The van der Waals surface area contributed by atoms with Crippen LogP contribution in [0.4, 0.5) is 10.5 Å². The molecule has 0 aliphatic heterocycles. The molecule has 112 valence electrons. The van der Waals surface area contributed by atoms with Gasteiger partial charge in [-0.1, -0.05) is 29.3 Å². The highest BCUT2D eigenvalue weighted by Gasteiger charge is 2.14. The van der Waals surface area contributed by atoms with Gasteiger partial charge in [0.05, 0.1) is 22.3 Å². The third-order valence-corrected chi connectivity index (χ3v) is 4.21. The summed E-state index contributed by atoms with van der Waals surface area (Å²) in [7, 11) is 0. The number of thiophene rings is 1. The van der Waals surface area contributed by atoms with Crippen molar-refractivity contribution in [2.24, 2.45) is 0 Å². The number of aliphatic hydroxyl groups is 1. The molecule has 2 amide bonds. The van der Waals surface area contributed by atoms with E-state index in [4.69, 9.17) is 28.3 Å². The van der Waals surface area contributed by atoms with Gasteiger partial charge in [0.2, 0.25) is 0 Å². The third-order valence-electron chi connectivity index (χ3n) is 2.79. The molecule has 2 rings (SSSR count). The van der Waals surface area contributed by atoms with Gasteiger partial charge in [0.15, 0.2) is 0 Å². The van der Waals surface area contributed by atoms with Gasteiger partial charge < -0.3 is 15.3 Å². The fraction of sp³-hybridized carbons (Fsp3) is 0.214. The number of nitrogens with one attached hydrogen (secondary N) is 1. The standard InChI is InChI=1S/C14H14Cl2N2O2S/c15-12-2-1-10(7-13(12)16)8-18(4-5-19)14(20)17-11-3-6-21-9-11/h1-3,6-7,9,19H,4-5,8H2,(H,17,20). The minimum Gasteiger partial charge on any atom is -0.395 e. The SMILES string of the molecule is O=C(Nc1ccsc1)N(CCO)Cc1ccc(Cl)c(Cl)c1. The molecule has 1 aromatic carbocycles. The van der Waals surface area contributed by atoms with Crippen LogP contribution in [0.1, 0.15) is 5.56 Å². The Balaban J connectivity index is 2.07. The average Bonchev–Trinajstić information content (AvgIpc) is 2.95. The zero-order chi connectivity index (χ0) is 15.2. The Morgan fingerprint density at radius 3 is 2.71 bits per heavy atom. The average molecular weight is 345 g/mol. The minimum atomic E-state index is -0.270. The molecule has 0 atom stereocenters. The van der Waals surface area contributed by atoms with E-state index in [2.05, 4.69) is 5.32 Å². The van der Waals surface area contributed by atoms with Crippen molar-refractivity contribution in [3.05, 3.63) is 50.6 Å². The summed E-state index contributed by atoms with van der Waals surface area (Å²) < 4.78 is 0. The Morgan fingerprint density at radius 2 is 2.10 bits per heavy atom. The van der Waals surface area contributed by atoms with E-state index in [0.717, 1.165) is 11.3 Å². The van der Waals surface area contributed by atoms with Crippen molar-refractivity contribution >= 4 is 46.3 Å². The smallest absolute Gasteiger partial charge is 0.322 e. The van der Waals surface area contributed by atoms with Crippen LogP contribution in [0.3, 0.4) is 0 Å². The van der Waals surface area contributed by atoms with Crippen LogP contribution in [0.2, 0.25) is 10.0 Å². The number of amides is 2. The van der Waals surface area contributed by atoms with E-state index < -0.39 is 0 Å². The first kappa shape index (κ1) is 16.1. The van der Waals surface area contributed by atoms with Gasteiger partial charge in [0.1, 0.15) is 0 Å². The van der Waals surface area contributed by atoms with Crippen molar-refractivity contribution in [2.75, 3.05) is 18.5 Å².